The summed E-state index contributed by atoms with van der Waals surface area (Å²) < 4.78 is 5.33. The second-order valence-corrected chi connectivity index (χ2v) is 4.79. The molecule has 2 rings (SSSR count). The lowest BCUT2D eigenvalue weighted by Crippen LogP contribution is -2.05. The van der Waals surface area contributed by atoms with E-state index in [-0.39, 0.29) is 0 Å². The number of hydrogen-bond donors (Lipinski definition) is 1. The van der Waals surface area contributed by atoms with Crippen molar-refractivity contribution in [3.63, 3.8) is 0 Å². The van der Waals surface area contributed by atoms with E-state index in [9.17, 15) is 0 Å². The number of hydrogen-bond acceptors (Lipinski definition) is 3. The Bertz CT molecular complexity index is 465. The number of rotatable bonds is 5. The van der Waals surface area contributed by atoms with Crippen molar-refractivity contribution in [3.8, 4) is 5.75 Å². The van der Waals surface area contributed by atoms with Crippen molar-refractivity contribution < 1.29 is 4.74 Å². The fraction of sp³-hybridized carbons (Fsp3) is 0.286. The summed E-state index contributed by atoms with van der Waals surface area (Å²) >= 11 is 1.74. The van der Waals surface area contributed by atoms with Gasteiger partial charge in [0.25, 0.3) is 0 Å². The van der Waals surface area contributed by atoms with Crippen LogP contribution in [0, 0.1) is 6.92 Å². The van der Waals surface area contributed by atoms with Gasteiger partial charge in [-0.25, -0.2) is 0 Å². The lowest BCUT2D eigenvalue weighted by molar-refractivity contribution is 0.416. The SMILES string of the molecule is COc1ccc(C)cc1NCCc1ccsc1. The highest BCUT2D eigenvalue weighted by molar-refractivity contribution is 7.07. The van der Waals surface area contributed by atoms with Crippen molar-refractivity contribution in [1.29, 1.82) is 0 Å². The van der Waals surface area contributed by atoms with Gasteiger partial charge in [0.1, 0.15) is 5.75 Å². The van der Waals surface area contributed by atoms with Crippen molar-refractivity contribution in [3.05, 3.63) is 46.2 Å². The highest BCUT2D eigenvalue weighted by atomic mass is 32.1. The highest BCUT2D eigenvalue weighted by Crippen LogP contribution is 2.25. The first-order chi connectivity index (χ1) is 8.29. The molecule has 0 aliphatic rings. The van der Waals surface area contributed by atoms with E-state index in [1.165, 1.54) is 11.1 Å². The van der Waals surface area contributed by atoms with Gasteiger partial charge in [0.05, 0.1) is 12.8 Å². The maximum Gasteiger partial charge on any atom is 0.141 e. The summed E-state index contributed by atoms with van der Waals surface area (Å²) in [5, 5.41) is 7.73. The maximum absolute atomic E-state index is 5.33. The van der Waals surface area contributed by atoms with E-state index in [0.717, 1.165) is 24.4 Å². The molecular formula is C14H17NOS. The van der Waals surface area contributed by atoms with E-state index in [1.54, 1.807) is 18.4 Å². The molecule has 0 aliphatic carbocycles. The Balaban J connectivity index is 1.96. The molecule has 0 saturated heterocycles. The lowest BCUT2D eigenvalue weighted by Gasteiger charge is -2.11. The molecule has 1 heterocycles. The number of benzene rings is 1. The van der Waals surface area contributed by atoms with Crippen molar-refractivity contribution in [2.75, 3.05) is 19.0 Å². The van der Waals surface area contributed by atoms with Crippen LogP contribution in [0.15, 0.2) is 35.0 Å². The zero-order valence-corrected chi connectivity index (χ0v) is 11.0. The summed E-state index contributed by atoms with van der Waals surface area (Å²) in [6.45, 7) is 3.01. The van der Waals surface area contributed by atoms with Crippen LogP contribution in [-0.2, 0) is 6.42 Å². The summed E-state index contributed by atoms with van der Waals surface area (Å²) in [5.74, 6) is 0.904. The molecule has 2 nitrogen and oxygen atoms in total. The van der Waals surface area contributed by atoms with Crippen molar-refractivity contribution in [2.45, 2.75) is 13.3 Å². The van der Waals surface area contributed by atoms with E-state index in [2.05, 4.69) is 41.2 Å². The van der Waals surface area contributed by atoms with Gasteiger partial charge in [-0.05, 0) is 53.4 Å². The largest absolute Gasteiger partial charge is 0.495 e. The Labute approximate surface area is 106 Å². The van der Waals surface area contributed by atoms with Gasteiger partial charge in [-0.2, -0.15) is 11.3 Å². The maximum atomic E-state index is 5.33. The Morgan fingerprint density at radius 1 is 1.29 bits per heavy atom. The van der Waals surface area contributed by atoms with Gasteiger partial charge in [-0.1, -0.05) is 6.07 Å². The van der Waals surface area contributed by atoms with Crippen LogP contribution in [0.2, 0.25) is 0 Å². The second kappa shape index (κ2) is 5.73. The fourth-order valence-electron chi connectivity index (χ4n) is 1.74. The number of aryl methyl sites for hydroxylation is 1. The molecular weight excluding hydrogens is 230 g/mol. The molecule has 1 aromatic heterocycles. The topological polar surface area (TPSA) is 21.3 Å². The van der Waals surface area contributed by atoms with Gasteiger partial charge < -0.3 is 10.1 Å². The van der Waals surface area contributed by atoms with E-state index >= 15 is 0 Å². The number of anilines is 1. The Morgan fingerprint density at radius 3 is 2.88 bits per heavy atom. The van der Waals surface area contributed by atoms with Crippen LogP contribution in [0.4, 0.5) is 5.69 Å². The predicted molar refractivity (Wildman–Crippen MR) is 74.2 cm³/mol. The Kier molecular flexibility index (Phi) is 4.04. The van der Waals surface area contributed by atoms with Crippen LogP contribution in [-0.4, -0.2) is 13.7 Å². The van der Waals surface area contributed by atoms with Gasteiger partial charge in [-0.3, -0.25) is 0 Å². The molecule has 0 aliphatic heterocycles. The van der Waals surface area contributed by atoms with Crippen LogP contribution in [0.5, 0.6) is 5.75 Å². The van der Waals surface area contributed by atoms with Gasteiger partial charge in [-0.15, -0.1) is 0 Å². The van der Waals surface area contributed by atoms with Gasteiger partial charge in [0.15, 0.2) is 0 Å². The highest BCUT2D eigenvalue weighted by Gasteiger charge is 2.02. The smallest absolute Gasteiger partial charge is 0.141 e. The minimum Gasteiger partial charge on any atom is -0.495 e. The number of ether oxygens (including phenoxy) is 1. The third-order valence-electron chi connectivity index (χ3n) is 2.66. The summed E-state index contributed by atoms with van der Waals surface area (Å²) in [6, 6.07) is 8.34. The molecule has 0 atom stereocenters. The van der Waals surface area contributed by atoms with Gasteiger partial charge in [0, 0.05) is 6.54 Å². The molecule has 0 amide bonds. The normalized spacial score (nSPS) is 10.2. The summed E-state index contributed by atoms with van der Waals surface area (Å²) in [6.07, 6.45) is 1.04. The first-order valence-corrected chi connectivity index (χ1v) is 6.63. The zero-order chi connectivity index (χ0) is 12.1. The lowest BCUT2D eigenvalue weighted by atomic mass is 10.2. The molecule has 0 fully saturated rings. The quantitative estimate of drug-likeness (QED) is 0.869. The van der Waals surface area contributed by atoms with E-state index in [0.29, 0.717) is 0 Å². The molecule has 90 valence electrons. The minimum atomic E-state index is 0.904. The summed E-state index contributed by atoms with van der Waals surface area (Å²) in [4.78, 5) is 0. The van der Waals surface area contributed by atoms with E-state index in [4.69, 9.17) is 4.74 Å². The molecule has 1 N–H and O–H groups in total. The Hall–Kier alpha value is -1.48. The molecule has 0 unspecified atom stereocenters. The molecule has 3 heteroatoms. The fourth-order valence-corrected chi connectivity index (χ4v) is 2.44. The van der Waals surface area contributed by atoms with E-state index in [1.807, 2.05) is 6.07 Å². The van der Waals surface area contributed by atoms with Crippen LogP contribution < -0.4 is 10.1 Å². The molecule has 2 aromatic rings. The van der Waals surface area contributed by atoms with Crippen LogP contribution in [0.3, 0.4) is 0 Å². The monoisotopic (exact) mass is 247 g/mol. The summed E-state index contributed by atoms with van der Waals surface area (Å²) in [5.41, 5.74) is 3.70. The van der Waals surface area contributed by atoms with Crippen molar-refractivity contribution >= 4 is 17.0 Å². The standard InChI is InChI=1S/C14H17NOS/c1-11-3-4-14(16-2)13(9-11)15-7-5-12-6-8-17-10-12/h3-4,6,8-10,15H,5,7H2,1-2H3. The zero-order valence-electron chi connectivity index (χ0n) is 10.2. The molecule has 0 radical (unpaired) electrons. The average Bonchev–Trinajstić information content (AvgIpc) is 2.82. The number of methoxy groups -OCH3 is 1. The molecule has 0 spiro atoms. The van der Waals surface area contributed by atoms with Crippen LogP contribution in [0.1, 0.15) is 11.1 Å². The molecule has 1 aromatic carbocycles. The van der Waals surface area contributed by atoms with Crippen molar-refractivity contribution in [2.24, 2.45) is 0 Å². The molecule has 0 saturated carbocycles. The van der Waals surface area contributed by atoms with Crippen LogP contribution in [0.25, 0.3) is 0 Å². The van der Waals surface area contributed by atoms with Gasteiger partial charge >= 0.3 is 0 Å². The average molecular weight is 247 g/mol. The van der Waals surface area contributed by atoms with Gasteiger partial charge in [0.2, 0.25) is 0 Å². The minimum absolute atomic E-state index is 0.904. The Morgan fingerprint density at radius 2 is 2.18 bits per heavy atom. The number of nitrogens with one attached hydrogen (secondary N) is 1. The molecule has 0 bridgehead atoms. The van der Waals surface area contributed by atoms with Crippen LogP contribution >= 0.6 is 11.3 Å². The second-order valence-electron chi connectivity index (χ2n) is 4.01. The summed E-state index contributed by atoms with van der Waals surface area (Å²) in [7, 11) is 1.70. The number of thiophene rings is 1. The third kappa shape index (κ3) is 3.24. The predicted octanol–water partition coefficient (Wildman–Crippen LogP) is 3.72. The first-order valence-electron chi connectivity index (χ1n) is 5.69. The third-order valence-corrected chi connectivity index (χ3v) is 3.40. The van der Waals surface area contributed by atoms with Crippen molar-refractivity contribution in [1.82, 2.24) is 0 Å². The first kappa shape index (κ1) is 12.0. The van der Waals surface area contributed by atoms with E-state index < -0.39 is 0 Å². The molecule has 17 heavy (non-hydrogen) atoms.